The third-order valence-corrected chi connectivity index (χ3v) is 4.84. The van der Waals surface area contributed by atoms with Gasteiger partial charge in [0.15, 0.2) is 0 Å². The second kappa shape index (κ2) is 6.45. The number of nitrogens with zero attached hydrogens (tertiary/aromatic N) is 1. The average Bonchev–Trinajstić information content (AvgIpc) is 3.06. The zero-order valence-electron chi connectivity index (χ0n) is 12.6. The number of nitrogens with one attached hydrogen (secondary N) is 1. The molecule has 2 aliphatic rings. The van der Waals surface area contributed by atoms with Gasteiger partial charge in [0.1, 0.15) is 6.04 Å². The highest BCUT2D eigenvalue weighted by Gasteiger charge is 2.41. The first-order valence-electron chi connectivity index (χ1n) is 7.70. The molecule has 1 unspecified atom stereocenters. The average molecular weight is 296 g/mol. The predicted octanol–water partition coefficient (Wildman–Crippen LogP) is 1.15. The Bertz CT molecular complexity index is 429. The molecular weight excluding hydrogens is 272 g/mol. The van der Waals surface area contributed by atoms with Gasteiger partial charge in [0.25, 0.3) is 0 Å². The molecule has 118 valence electrons. The van der Waals surface area contributed by atoms with Crippen LogP contribution in [0.2, 0.25) is 0 Å². The summed E-state index contributed by atoms with van der Waals surface area (Å²) in [7, 11) is 1.58. The summed E-state index contributed by atoms with van der Waals surface area (Å²) < 4.78 is 0. The molecule has 0 aromatic rings. The Morgan fingerprint density at radius 3 is 2.43 bits per heavy atom. The lowest BCUT2D eigenvalue weighted by atomic mass is 9.79. The van der Waals surface area contributed by atoms with Crippen molar-refractivity contribution in [1.29, 1.82) is 0 Å². The second-order valence-corrected chi connectivity index (χ2v) is 6.31. The minimum atomic E-state index is -0.839. The molecule has 1 atom stereocenters. The number of carboxylic acids is 1. The van der Waals surface area contributed by atoms with Gasteiger partial charge in [-0.2, -0.15) is 0 Å². The Balaban J connectivity index is 2.05. The molecule has 1 heterocycles. The van der Waals surface area contributed by atoms with Gasteiger partial charge in [-0.05, 0) is 31.1 Å². The van der Waals surface area contributed by atoms with E-state index in [1.807, 2.05) is 0 Å². The summed E-state index contributed by atoms with van der Waals surface area (Å²) in [5, 5.41) is 11.7. The summed E-state index contributed by atoms with van der Waals surface area (Å²) in [5.74, 6) is -1.03. The van der Waals surface area contributed by atoms with E-state index in [-0.39, 0.29) is 30.7 Å². The van der Waals surface area contributed by atoms with E-state index < -0.39 is 11.4 Å². The first-order chi connectivity index (χ1) is 9.97. The molecule has 2 amide bonds. The monoisotopic (exact) mass is 296 g/mol. The van der Waals surface area contributed by atoms with Crippen LogP contribution in [0.3, 0.4) is 0 Å². The number of hydrogen-bond acceptors (Lipinski definition) is 3. The zero-order chi connectivity index (χ0) is 15.5. The lowest BCUT2D eigenvalue weighted by molar-refractivity contribution is -0.143. The molecule has 0 bridgehead atoms. The van der Waals surface area contributed by atoms with Crippen molar-refractivity contribution >= 4 is 17.8 Å². The Morgan fingerprint density at radius 2 is 1.86 bits per heavy atom. The van der Waals surface area contributed by atoms with E-state index in [1.54, 1.807) is 11.9 Å². The molecule has 2 fully saturated rings. The van der Waals surface area contributed by atoms with Crippen LogP contribution in [0.25, 0.3) is 0 Å². The quantitative estimate of drug-likeness (QED) is 0.796. The highest BCUT2D eigenvalue weighted by molar-refractivity contribution is 5.88. The summed E-state index contributed by atoms with van der Waals surface area (Å²) in [6.45, 7) is 0.597. The fraction of sp³-hybridized carbons (Fsp3) is 0.800. The van der Waals surface area contributed by atoms with Crippen LogP contribution in [0, 0.1) is 5.41 Å². The predicted molar refractivity (Wildman–Crippen MR) is 76.6 cm³/mol. The number of carbonyl (C=O) groups is 3. The largest absolute Gasteiger partial charge is 0.481 e. The molecule has 0 spiro atoms. The van der Waals surface area contributed by atoms with Crippen LogP contribution in [-0.2, 0) is 14.4 Å². The molecule has 1 aliphatic carbocycles. The SMILES string of the molecule is CNC(=O)C1CCCN1C(=O)CC1(CC(=O)O)CCCC1. The molecule has 1 saturated carbocycles. The van der Waals surface area contributed by atoms with Crippen molar-refractivity contribution < 1.29 is 19.5 Å². The van der Waals surface area contributed by atoms with E-state index in [0.29, 0.717) is 13.0 Å². The normalized spacial score (nSPS) is 24.0. The van der Waals surface area contributed by atoms with Crippen LogP contribution in [0.5, 0.6) is 0 Å². The van der Waals surface area contributed by atoms with Crippen LogP contribution in [0.15, 0.2) is 0 Å². The minimum Gasteiger partial charge on any atom is -0.481 e. The van der Waals surface area contributed by atoms with Crippen LogP contribution >= 0.6 is 0 Å². The number of carbonyl (C=O) groups excluding carboxylic acids is 2. The molecule has 0 aromatic carbocycles. The molecule has 6 nitrogen and oxygen atoms in total. The molecule has 0 aromatic heterocycles. The van der Waals surface area contributed by atoms with Crippen molar-refractivity contribution in [3.63, 3.8) is 0 Å². The lowest BCUT2D eigenvalue weighted by Crippen LogP contribution is -2.46. The van der Waals surface area contributed by atoms with Crippen molar-refractivity contribution in [2.75, 3.05) is 13.6 Å². The number of rotatable bonds is 5. The van der Waals surface area contributed by atoms with Crippen molar-refractivity contribution in [3.8, 4) is 0 Å². The summed E-state index contributed by atoms with van der Waals surface area (Å²) in [6.07, 6.45) is 5.39. The Labute approximate surface area is 124 Å². The summed E-state index contributed by atoms with van der Waals surface area (Å²) in [4.78, 5) is 37.1. The van der Waals surface area contributed by atoms with Gasteiger partial charge in [0, 0.05) is 20.0 Å². The van der Waals surface area contributed by atoms with E-state index in [0.717, 1.165) is 32.1 Å². The molecule has 1 aliphatic heterocycles. The standard InChI is InChI=1S/C15H24N2O4/c1-16-14(21)11-5-4-8-17(11)12(18)9-15(10-13(19)20)6-2-3-7-15/h11H,2-10H2,1H3,(H,16,21)(H,19,20). The Kier molecular flexibility index (Phi) is 4.85. The molecule has 2 rings (SSSR count). The van der Waals surface area contributed by atoms with Crippen molar-refractivity contribution in [2.45, 2.75) is 57.4 Å². The van der Waals surface area contributed by atoms with Gasteiger partial charge in [0.2, 0.25) is 11.8 Å². The van der Waals surface area contributed by atoms with Gasteiger partial charge in [-0.3, -0.25) is 14.4 Å². The van der Waals surface area contributed by atoms with E-state index >= 15 is 0 Å². The molecule has 0 radical (unpaired) electrons. The smallest absolute Gasteiger partial charge is 0.303 e. The maximum atomic E-state index is 12.6. The topological polar surface area (TPSA) is 86.7 Å². The summed E-state index contributed by atoms with van der Waals surface area (Å²) >= 11 is 0. The van der Waals surface area contributed by atoms with Crippen LogP contribution in [-0.4, -0.2) is 47.4 Å². The minimum absolute atomic E-state index is 0.0528. The van der Waals surface area contributed by atoms with Gasteiger partial charge in [0.05, 0.1) is 6.42 Å². The van der Waals surface area contributed by atoms with Crippen LogP contribution in [0.1, 0.15) is 51.4 Å². The highest BCUT2D eigenvalue weighted by Crippen LogP contribution is 2.44. The zero-order valence-corrected chi connectivity index (χ0v) is 12.6. The first kappa shape index (κ1) is 15.8. The van der Waals surface area contributed by atoms with E-state index in [2.05, 4.69) is 5.32 Å². The second-order valence-electron chi connectivity index (χ2n) is 6.31. The maximum Gasteiger partial charge on any atom is 0.303 e. The van der Waals surface area contributed by atoms with Crippen LogP contribution in [0.4, 0.5) is 0 Å². The van der Waals surface area contributed by atoms with Gasteiger partial charge in [-0.25, -0.2) is 0 Å². The molecule has 21 heavy (non-hydrogen) atoms. The van der Waals surface area contributed by atoms with Crippen molar-refractivity contribution in [3.05, 3.63) is 0 Å². The number of carboxylic acid groups (broad SMARTS) is 1. The number of hydrogen-bond donors (Lipinski definition) is 2. The lowest BCUT2D eigenvalue weighted by Gasteiger charge is -2.31. The number of amides is 2. The summed E-state index contributed by atoms with van der Waals surface area (Å²) in [5.41, 5.74) is -0.404. The van der Waals surface area contributed by atoms with Gasteiger partial charge in [-0.1, -0.05) is 12.8 Å². The van der Waals surface area contributed by atoms with Crippen LogP contribution < -0.4 is 5.32 Å². The van der Waals surface area contributed by atoms with Crippen molar-refractivity contribution in [1.82, 2.24) is 10.2 Å². The third kappa shape index (κ3) is 3.54. The van der Waals surface area contributed by atoms with E-state index in [1.165, 1.54) is 0 Å². The third-order valence-electron chi connectivity index (χ3n) is 4.84. The highest BCUT2D eigenvalue weighted by atomic mass is 16.4. The fourth-order valence-corrected chi connectivity index (χ4v) is 3.79. The van der Waals surface area contributed by atoms with Gasteiger partial charge >= 0.3 is 5.97 Å². The van der Waals surface area contributed by atoms with Crippen molar-refractivity contribution in [2.24, 2.45) is 5.41 Å². The number of aliphatic carboxylic acids is 1. The van der Waals surface area contributed by atoms with E-state index in [9.17, 15) is 14.4 Å². The first-order valence-corrected chi connectivity index (χ1v) is 7.70. The fourth-order valence-electron chi connectivity index (χ4n) is 3.79. The molecule has 1 saturated heterocycles. The Hall–Kier alpha value is -1.59. The molecular formula is C15H24N2O4. The molecule has 2 N–H and O–H groups in total. The summed E-state index contributed by atoms with van der Waals surface area (Å²) in [6, 6.07) is -0.384. The van der Waals surface area contributed by atoms with E-state index in [4.69, 9.17) is 5.11 Å². The Morgan fingerprint density at radius 1 is 1.19 bits per heavy atom. The van der Waals surface area contributed by atoms with Gasteiger partial charge < -0.3 is 15.3 Å². The molecule has 6 heteroatoms. The van der Waals surface area contributed by atoms with Gasteiger partial charge in [-0.15, -0.1) is 0 Å². The number of likely N-dealkylation sites (N-methyl/N-ethyl adjacent to an activating group) is 1. The maximum absolute atomic E-state index is 12.6. The number of likely N-dealkylation sites (tertiary alicyclic amines) is 1.